The van der Waals surface area contributed by atoms with E-state index < -0.39 is 0 Å². The molecule has 6 nitrogen and oxygen atoms in total. The molecule has 0 saturated carbocycles. The molecule has 0 aliphatic rings. The average Bonchev–Trinajstić information content (AvgIpc) is 2.68. The van der Waals surface area contributed by atoms with E-state index in [2.05, 4.69) is 26.6 Å². The van der Waals surface area contributed by atoms with Gasteiger partial charge in [-0.1, -0.05) is 11.6 Å². The number of amides is 1. The van der Waals surface area contributed by atoms with E-state index in [9.17, 15) is 4.79 Å². The maximum absolute atomic E-state index is 12.4. The molecule has 9 heteroatoms. The number of rotatable bonds is 7. The lowest BCUT2D eigenvalue weighted by atomic mass is 10.2. The first-order chi connectivity index (χ1) is 13.4. The van der Waals surface area contributed by atoms with Crippen LogP contribution in [0.3, 0.4) is 0 Å². The van der Waals surface area contributed by atoms with Crippen LogP contribution in [0.4, 0.5) is 0 Å². The van der Waals surface area contributed by atoms with Gasteiger partial charge in [0.15, 0.2) is 16.6 Å². The average molecular weight is 488 g/mol. The zero-order valence-corrected chi connectivity index (χ0v) is 18.8. The standard InChI is InChI=1S/C19H20BrClN2O4S/c1-4-27-15-6-5-11(7-13(15)20)18(24)23-19(28)22-10-12-8-16(25-2)17(26-3)9-14(12)21/h5-9H,4,10H2,1-3H3,(H2,22,23,24,28). The summed E-state index contributed by atoms with van der Waals surface area (Å²) in [5.74, 6) is 1.42. The van der Waals surface area contributed by atoms with Crippen molar-refractivity contribution < 1.29 is 19.0 Å². The van der Waals surface area contributed by atoms with Crippen LogP contribution in [0.25, 0.3) is 0 Å². The van der Waals surface area contributed by atoms with Gasteiger partial charge in [0.1, 0.15) is 5.75 Å². The van der Waals surface area contributed by atoms with Crippen LogP contribution in [0.5, 0.6) is 17.2 Å². The molecular weight excluding hydrogens is 468 g/mol. The highest BCUT2D eigenvalue weighted by Crippen LogP contribution is 2.33. The molecule has 0 unspecified atom stereocenters. The molecule has 2 rings (SSSR count). The zero-order valence-electron chi connectivity index (χ0n) is 15.6. The monoisotopic (exact) mass is 486 g/mol. The predicted octanol–water partition coefficient (Wildman–Crippen LogP) is 4.32. The van der Waals surface area contributed by atoms with E-state index in [1.54, 1.807) is 37.4 Å². The first-order valence-electron chi connectivity index (χ1n) is 8.31. The van der Waals surface area contributed by atoms with Crippen LogP contribution < -0.4 is 24.8 Å². The van der Waals surface area contributed by atoms with Crippen molar-refractivity contribution >= 4 is 50.8 Å². The van der Waals surface area contributed by atoms with Crippen LogP contribution in [-0.4, -0.2) is 31.8 Å². The van der Waals surface area contributed by atoms with E-state index >= 15 is 0 Å². The van der Waals surface area contributed by atoms with Crippen molar-refractivity contribution in [2.24, 2.45) is 0 Å². The molecule has 2 N–H and O–H groups in total. The van der Waals surface area contributed by atoms with Gasteiger partial charge in [0.25, 0.3) is 5.91 Å². The van der Waals surface area contributed by atoms with Gasteiger partial charge >= 0.3 is 0 Å². The second kappa shape index (κ2) is 10.5. The molecule has 28 heavy (non-hydrogen) atoms. The summed E-state index contributed by atoms with van der Waals surface area (Å²) in [7, 11) is 3.08. The quantitative estimate of drug-likeness (QED) is 0.567. The molecule has 0 fully saturated rings. The zero-order chi connectivity index (χ0) is 20.7. The molecule has 0 heterocycles. The van der Waals surface area contributed by atoms with Crippen molar-refractivity contribution in [2.45, 2.75) is 13.5 Å². The van der Waals surface area contributed by atoms with E-state index in [1.165, 1.54) is 7.11 Å². The molecule has 1 amide bonds. The SMILES string of the molecule is CCOc1ccc(C(=O)NC(=S)NCc2cc(OC)c(OC)cc2Cl)cc1Br. The molecule has 0 saturated heterocycles. The third kappa shape index (κ3) is 5.73. The Kier molecular flexibility index (Phi) is 8.35. The summed E-state index contributed by atoms with van der Waals surface area (Å²) in [4.78, 5) is 12.4. The fourth-order valence-electron chi connectivity index (χ4n) is 2.34. The number of methoxy groups -OCH3 is 2. The molecule has 0 aliphatic heterocycles. The van der Waals surface area contributed by atoms with Crippen LogP contribution >= 0.6 is 39.7 Å². The summed E-state index contributed by atoms with van der Waals surface area (Å²) >= 11 is 14.8. The third-order valence-corrected chi connectivity index (χ3v) is 4.93. The van der Waals surface area contributed by atoms with Gasteiger partial charge in [-0.05, 0) is 64.9 Å². The molecule has 150 valence electrons. The predicted molar refractivity (Wildman–Crippen MR) is 117 cm³/mol. The topological polar surface area (TPSA) is 68.8 Å². The molecule has 2 aromatic rings. The highest BCUT2D eigenvalue weighted by molar-refractivity contribution is 9.10. The minimum atomic E-state index is -0.334. The Morgan fingerprint density at radius 2 is 1.82 bits per heavy atom. The van der Waals surface area contributed by atoms with E-state index in [1.807, 2.05) is 6.92 Å². The molecule has 2 aromatic carbocycles. The number of thiocarbonyl (C=S) groups is 1. The fourth-order valence-corrected chi connectivity index (χ4v) is 3.22. The highest BCUT2D eigenvalue weighted by Gasteiger charge is 2.13. The Bertz CT molecular complexity index is 879. The number of halogens is 2. The van der Waals surface area contributed by atoms with Crippen molar-refractivity contribution in [2.75, 3.05) is 20.8 Å². The Balaban J connectivity index is 1.99. The summed E-state index contributed by atoms with van der Waals surface area (Å²) in [6.45, 7) is 2.74. The lowest BCUT2D eigenvalue weighted by Crippen LogP contribution is -2.38. The second-order valence-corrected chi connectivity index (χ2v) is 7.18. The van der Waals surface area contributed by atoms with Gasteiger partial charge in [0, 0.05) is 23.2 Å². The van der Waals surface area contributed by atoms with E-state index in [4.69, 9.17) is 38.0 Å². The van der Waals surface area contributed by atoms with Gasteiger partial charge in [0.2, 0.25) is 0 Å². The van der Waals surface area contributed by atoms with Gasteiger partial charge in [-0.15, -0.1) is 0 Å². The first kappa shape index (κ1) is 22.3. The number of nitrogens with one attached hydrogen (secondary N) is 2. The summed E-state index contributed by atoms with van der Waals surface area (Å²) in [5.41, 5.74) is 1.20. The fraction of sp³-hybridized carbons (Fsp3) is 0.263. The van der Waals surface area contributed by atoms with Gasteiger partial charge in [-0.2, -0.15) is 0 Å². The van der Waals surface area contributed by atoms with Gasteiger partial charge in [0.05, 0.1) is 25.3 Å². The maximum atomic E-state index is 12.4. The Morgan fingerprint density at radius 3 is 2.43 bits per heavy atom. The minimum absolute atomic E-state index is 0.181. The van der Waals surface area contributed by atoms with Gasteiger partial charge < -0.3 is 19.5 Å². The van der Waals surface area contributed by atoms with Crippen LogP contribution in [-0.2, 0) is 6.54 Å². The van der Waals surface area contributed by atoms with Crippen LogP contribution in [0.2, 0.25) is 5.02 Å². The Morgan fingerprint density at radius 1 is 1.14 bits per heavy atom. The number of benzene rings is 2. The van der Waals surface area contributed by atoms with Crippen molar-refractivity contribution in [1.29, 1.82) is 0 Å². The van der Waals surface area contributed by atoms with E-state index in [0.29, 0.717) is 45.5 Å². The number of hydrogen-bond donors (Lipinski definition) is 2. The summed E-state index contributed by atoms with van der Waals surface area (Å²) < 4.78 is 16.6. The maximum Gasteiger partial charge on any atom is 0.257 e. The Labute approximate surface area is 182 Å². The van der Waals surface area contributed by atoms with Crippen LogP contribution in [0.1, 0.15) is 22.8 Å². The van der Waals surface area contributed by atoms with Crippen LogP contribution in [0, 0.1) is 0 Å². The van der Waals surface area contributed by atoms with Crippen LogP contribution in [0.15, 0.2) is 34.8 Å². The summed E-state index contributed by atoms with van der Waals surface area (Å²) in [5, 5.41) is 6.27. The largest absolute Gasteiger partial charge is 0.493 e. The lowest BCUT2D eigenvalue weighted by Gasteiger charge is -2.14. The van der Waals surface area contributed by atoms with Gasteiger partial charge in [-0.25, -0.2) is 0 Å². The number of hydrogen-bond acceptors (Lipinski definition) is 5. The molecule has 0 aromatic heterocycles. The summed E-state index contributed by atoms with van der Waals surface area (Å²) in [6.07, 6.45) is 0. The third-order valence-electron chi connectivity index (χ3n) is 3.71. The minimum Gasteiger partial charge on any atom is -0.493 e. The number of carbonyl (C=O) groups excluding carboxylic acids is 1. The van der Waals surface area contributed by atoms with Crippen molar-refractivity contribution in [3.63, 3.8) is 0 Å². The Hall–Kier alpha value is -2.03. The van der Waals surface area contributed by atoms with Crippen molar-refractivity contribution in [3.8, 4) is 17.2 Å². The molecule has 0 atom stereocenters. The molecular formula is C19H20BrClN2O4S. The molecule has 0 aliphatic carbocycles. The second-order valence-electron chi connectivity index (χ2n) is 5.51. The molecule has 0 spiro atoms. The highest BCUT2D eigenvalue weighted by atomic mass is 79.9. The van der Waals surface area contributed by atoms with E-state index in [-0.39, 0.29) is 11.0 Å². The van der Waals surface area contributed by atoms with Crippen molar-refractivity contribution in [3.05, 3.63) is 51.0 Å². The number of carbonyl (C=O) groups is 1. The molecule has 0 bridgehead atoms. The number of ether oxygens (including phenoxy) is 3. The normalized spacial score (nSPS) is 10.2. The van der Waals surface area contributed by atoms with E-state index in [0.717, 1.165) is 5.56 Å². The first-order valence-corrected chi connectivity index (χ1v) is 9.89. The van der Waals surface area contributed by atoms with Gasteiger partial charge in [-0.3, -0.25) is 10.1 Å². The lowest BCUT2D eigenvalue weighted by molar-refractivity contribution is 0.0976. The van der Waals surface area contributed by atoms with Crippen molar-refractivity contribution in [1.82, 2.24) is 10.6 Å². The smallest absolute Gasteiger partial charge is 0.257 e. The molecule has 0 radical (unpaired) electrons. The summed E-state index contributed by atoms with van der Waals surface area (Å²) in [6, 6.07) is 8.48.